The van der Waals surface area contributed by atoms with Crippen LogP contribution in [0.25, 0.3) is 0 Å². The number of carbonyl (C=O) groups is 1. The molecule has 0 amide bonds. The van der Waals surface area contributed by atoms with Gasteiger partial charge in [0, 0.05) is 5.02 Å². The minimum atomic E-state index is -0.362. The minimum absolute atomic E-state index is 0.339. The number of hydrazone groups is 1. The Kier molecular flexibility index (Phi) is 5.30. The molecule has 1 heterocycles. The summed E-state index contributed by atoms with van der Waals surface area (Å²) in [4.78, 5) is 16.4. The molecule has 0 fully saturated rings. The van der Waals surface area contributed by atoms with Crippen LogP contribution in [0.5, 0.6) is 0 Å². The standard InChI is InChI=1S/C14H14ClN3O2S/c1-3-20-13(19)12-9(2)17-14(21-12)18-16-8-10-5-4-6-11(15)7-10/h4-8H,3H2,1-2H3,(H,17,18)/b16-8-. The number of aryl methyl sites for hydroxylation is 1. The number of halogens is 1. The van der Waals surface area contributed by atoms with Crippen LogP contribution in [0.15, 0.2) is 29.4 Å². The molecule has 1 aromatic heterocycles. The molecule has 5 nitrogen and oxygen atoms in total. The SMILES string of the molecule is CCOC(=O)c1sc(N/N=C\c2cccc(Cl)c2)nc1C. The monoisotopic (exact) mass is 323 g/mol. The van der Waals surface area contributed by atoms with E-state index in [1.165, 1.54) is 11.3 Å². The summed E-state index contributed by atoms with van der Waals surface area (Å²) >= 11 is 7.09. The van der Waals surface area contributed by atoms with Gasteiger partial charge in [0.05, 0.1) is 18.5 Å². The number of benzene rings is 1. The van der Waals surface area contributed by atoms with E-state index in [4.69, 9.17) is 16.3 Å². The first-order chi connectivity index (χ1) is 10.1. The normalized spacial score (nSPS) is 10.8. The molecule has 0 radical (unpaired) electrons. The molecule has 0 aliphatic rings. The number of rotatable bonds is 5. The van der Waals surface area contributed by atoms with Gasteiger partial charge in [-0.25, -0.2) is 9.78 Å². The molecule has 0 atom stereocenters. The van der Waals surface area contributed by atoms with Gasteiger partial charge < -0.3 is 4.74 Å². The Labute approximate surface area is 131 Å². The van der Waals surface area contributed by atoms with Gasteiger partial charge in [-0.2, -0.15) is 5.10 Å². The molecule has 110 valence electrons. The second-order valence-corrected chi connectivity index (χ2v) is 5.51. The molecule has 2 rings (SSSR count). The van der Waals surface area contributed by atoms with Crippen LogP contribution in [0.4, 0.5) is 5.13 Å². The third-order valence-corrected chi connectivity index (χ3v) is 3.76. The van der Waals surface area contributed by atoms with E-state index in [1.54, 1.807) is 32.2 Å². The van der Waals surface area contributed by atoms with Gasteiger partial charge in [0.25, 0.3) is 0 Å². The summed E-state index contributed by atoms with van der Waals surface area (Å²) in [6.07, 6.45) is 1.63. The van der Waals surface area contributed by atoms with Crippen LogP contribution in [-0.2, 0) is 4.74 Å². The van der Waals surface area contributed by atoms with Crippen molar-refractivity contribution in [1.29, 1.82) is 0 Å². The molecule has 0 bridgehead atoms. The molecular formula is C14H14ClN3O2S. The van der Waals surface area contributed by atoms with Crippen LogP contribution in [0, 0.1) is 6.92 Å². The fraction of sp³-hybridized carbons (Fsp3) is 0.214. The molecule has 0 saturated heterocycles. The van der Waals surface area contributed by atoms with Gasteiger partial charge in [-0.1, -0.05) is 35.1 Å². The number of hydrogen-bond donors (Lipinski definition) is 1. The summed E-state index contributed by atoms with van der Waals surface area (Å²) < 4.78 is 4.96. The summed E-state index contributed by atoms with van der Waals surface area (Å²) in [7, 11) is 0. The fourth-order valence-corrected chi connectivity index (χ4v) is 2.59. The molecule has 0 aliphatic heterocycles. The average molecular weight is 324 g/mol. The van der Waals surface area contributed by atoms with Crippen LogP contribution < -0.4 is 5.43 Å². The maximum Gasteiger partial charge on any atom is 0.350 e. The molecule has 21 heavy (non-hydrogen) atoms. The predicted octanol–water partition coefficient (Wildman–Crippen LogP) is 3.73. The van der Waals surface area contributed by atoms with Crippen LogP contribution in [0.3, 0.4) is 0 Å². The topological polar surface area (TPSA) is 63.6 Å². The lowest BCUT2D eigenvalue weighted by Crippen LogP contribution is -2.03. The van der Waals surface area contributed by atoms with Gasteiger partial charge in [-0.05, 0) is 31.5 Å². The smallest absolute Gasteiger partial charge is 0.350 e. The van der Waals surface area contributed by atoms with Crippen LogP contribution >= 0.6 is 22.9 Å². The first-order valence-corrected chi connectivity index (χ1v) is 7.48. The fourth-order valence-electron chi connectivity index (χ4n) is 1.58. The quantitative estimate of drug-likeness (QED) is 0.517. The Hall–Kier alpha value is -1.92. The second kappa shape index (κ2) is 7.19. The molecule has 2 aromatic rings. The Bertz CT molecular complexity index is 670. The zero-order valence-electron chi connectivity index (χ0n) is 11.6. The van der Waals surface area contributed by atoms with Crippen molar-refractivity contribution in [3.8, 4) is 0 Å². The molecule has 0 spiro atoms. The van der Waals surface area contributed by atoms with Crippen molar-refractivity contribution in [3.63, 3.8) is 0 Å². The Morgan fingerprint density at radius 3 is 3.10 bits per heavy atom. The van der Waals surface area contributed by atoms with E-state index >= 15 is 0 Å². The molecule has 0 unspecified atom stereocenters. The summed E-state index contributed by atoms with van der Waals surface area (Å²) in [6.45, 7) is 3.86. The average Bonchev–Trinajstić information content (AvgIpc) is 2.80. The number of carbonyl (C=O) groups excluding carboxylic acids is 1. The highest BCUT2D eigenvalue weighted by Gasteiger charge is 2.15. The molecule has 1 N–H and O–H groups in total. The number of hydrogen-bond acceptors (Lipinski definition) is 6. The van der Waals surface area contributed by atoms with Crippen molar-refractivity contribution >= 4 is 40.3 Å². The van der Waals surface area contributed by atoms with Gasteiger partial charge in [0.15, 0.2) is 0 Å². The highest BCUT2D eigenvalue weighted by molar-refractivity contribution is 7.17. The first-order valence-electron chi connectivity index (χ1n) is 6.29. The third-order valence-electron chi connectivity index (χ3n) is 2.48. The van der Waals surface area contributed by atoms with E-state index in [-0.39, 0.29) is 5.97 Å². The van der Waals surface area contributed by atoms with E-state index in [0.717, 1.165) is 5.56 Å². The summed E-state index contributed by atoms with van der Waals surface area (Å²) in [5.41, 5.74) is 4.29. The number of nitrogens with zero attached hydrogens (tertiary/aromatic N) is 2. The Balaban J connectivity index is 2.04. The van der Waals surface area contributed by atoms with Crippen molar-refractivity contribution in [3.05, 3.63) is 45.4 Å². The number of aromatic nitrogens is 1. The van der Waals surface area contributed by atoms with Crippen LogP contribution in [0.2, 0.25) is 5.02 Å². The van der Waals surface area contributed by atoms with Gasteiger partial charge in [0.1, 0.15) is 4.88 Å². The summed E-state index contributed by atoms with van der Waals surface area (Å²) in [6, 6.07) is 7.32. The highest BCUT2D eigenvalue weighted by Crippen LogP contribution is 2.23. The largest absolute Gasteiger partial charge is 0.462 e. The Morgan fingerprint density at radius 1 is 1.57 bits per heavy atom. The number of anilines is 1. The van der Waals surface area contributed by atoms with Gasteiger partial charge >= 0.3 is 5.97 Å². The van der Waals surface area contributed by atoms with Gasteiger partial charge in [0.2, 0.25) is 5.13 Å². The van der Waals surface area contributed by atoms with Crippen molar-refractivity contribution in [1.82, 2.24) is 4.98 Å². The van der Waals surface area contributed by atoms with E-state index in [2.05, 4.69) is 15.5 Å². The predicted molar refractivity (Wildman–Crippen MR) is 85.5 cm³/mol. The van der Waals surface area contributed by atoms with E-state index in [1.807, 2.05) is 12.1 Å². The number of ether oxygens (including phenoxy) is 1. The van der Waals surface area contributed by atoms with E-state index in [9.17, 15) is 4.79 Å². The number of thiazole rings is 1. The van der Waals surface area contributed by atoms with Gasteiger partial charge in [-0.15, -0.1) is 0 Å². The van der Waals surface area contributed by atoms with Crippen molar-refractivity contribution < 1.29 is 9.53 Å². The third kappa shape index (κ3) is 4.27. The maximum atomic E-state index is 11.7. The highest BCUT2D eigenvalue weighted by atomic mass is 35.5. The molecule has 7 heteroatoms. The number of esters is 1. The second-order valence-electron chi connectivity index (χ2n) is 4.08. The van der Waals surface area contributed by atoms with E-state index < -0.39 is 0 Å². The zero-order chi connectivity index (χ0) is 15.2. The van der Waals surface area contributed by atoms with Gasteiger partial charge in [-0.3, -0.25) is 5.43 Å². The summed E-state index contributed by atoms with van der Waals surface area (Å²) in [5, 5.41) is 5.26. The minimum Gasteiger partial charge on any atom is -0.462 e. The molecule has 0 saturated carbocycles. The number of nitrogens with one attached hydrogen (secondary N) is 1. The lowest BCUT2D eigenvalue weighted by molar-refractivity contribution is 0.0531. The van der Waals surface area contributed by atoms with Crippen molar-refractivity contribution in [2.24, 2.45) is 5.10 Å². The summed E-state index contributed by atoms with van der Waals surface area (Å²) in [5.74, 6) is -0.362. The first kappa shape index (κ1) is 15.5. The van der Waals surface area contributed by atoms with Crippen molar-refractivity contribution in [2.45, 2.75) is 13.8 Å². The van der Waals surface area contributed by atoms with Crippen LogP contribution in [0.1, 0.15) is 27.9 Å². The lowest BCUT2D eigenvalue weighted by Gasteiger charge is -1.97. The van der Waals surface area contributed by atoms with E-state index in [0.29, 0.717) is 27.3 Å². The molecular weight excluding hydrogens is 310 g/mol. The van der Waals surface area contributed by atoms with Crippen molar-refractivity contribution in [2.75, 3.05) is 12.0 Å². The Morgan fingerprint density at radius 2 is 2.38 bits per heavy atom. The molecule has 1 aromatic carbocycles. The zero-order valence-corrected chi connectivity index (χ0v) is 13.2. The lowest BCUT2D eigenvalue weighted by atomic mass is 10.2. The van der Waals surface area contributed by atoms with Crippen LogP contribution in [-0.4, -0.2) is 23.8 Å². The molecule has 0 aliphatic carbocycles. The maximum absolute atomic E-state index is 11.7.